The fourth-order valence-corrected chi connectivity index (χ4v) is 1.69. The lowest BCUT2D eigenvalue weighted by atomic mass is 10.2. The lowest BCUT2D eigenvalue weighted by molar-refractivity contribution is 0.241. The normalized spacial score (nSPS) is 10.6. The van der Waals surface area contributed by atoms with Gasteiger partial charge in [-0.05, 0) is 36.4 Å². The molecule has 0 saturated heterocycles. The molecule has 1 aromatic carbocycles. The Morgan fingerprint density at radius 3 is 2.33 bits per heavy atom. The van der Waals surface area contributed by atoms with Crippen LogP contribution < -0.4 is 0 Å². The molecular formula is C12H15NOS. The Morgan fingerprint density at radius 2 is 1.87 bits per heavy atom. The topological polar surface area (TPSA) is 20.3 Å². The highest BCUT2D eigenvalue weighted by atomic mass is 32.2. The second kappa shape index (κ2) is 5.61. The average Bonchev–Trinajstić information content (AvgIpc) is 2.21. The molecule has 0 spiro atoms. The summed E-state index contributed by atoms with van der Waals surface area (Å²) in [5, 5.41) is 0.0498. The first-order valence-electron chi connectivity index (χ1n) is 4.75. The summed E-state index contributed by atoms with van der Waals surface area (Å²) in [4.78, 5) is 13.9. The quantitative estimate of drug-likeness (QED) is 0.712. The third-order valence-electron chi connectivity index (χ3n) is 1.81. The molecule has 0 aliphatic rings. The highest BCUT2D eigenvalue weighted by Gasteiger charge is 2.05. The standard InChI is InChI=1S/C12H15NOS/c1-4-5-10-6-8-11(9-7-10)15-12(14)13(2)3/h4-9H,1-3H3/b5-4+. The van der Waals surface area contributed by atoms with Crippen LogP contribution in [0, 0.1) is 0 Å². The zero-order valence-electron chi connectivity index (χ0n) is 9.23. The van der Waals surface area contributed by atoms with Crippen molar-refractivity contribution in [2.45, 2.75) is 11.8 Å². The van der Waals surface area contributed by atoms with Crippen LogP contribution in [0.2, 0.25) is 0 Å². The van der Waals surface area contributed by atoms with Gasteiger partial charge >= 0.3 is 0 Å². The second-order valence-electron chi connectivity index (χ2n) is 3.33. The van der Waals surface area contributed by atoms with Crippen LogP contribution in [0.5, 0.6) is 0 Å². The van der Waals surface area contributed by atoms with Gasteiger partial charge < -0.3 is 4.90 Å². The molecule has 0 unspecified atom stereocenters. The van der Waals surface area contributed by atoms with Gasteiger partial charge in [-0.1, -0.05) is 24.3 Å². The number of carbonyl (C=O) groups excluding carboxylic acids is 1. The molecular weight excluding hydrogens is 206 g/mol. The summed E-state index contributed by atoms with van der Waals surface area (Å²) in [6.45, 7) is 1.98. The average molecular weight is 221 g/mol. The minimum atomic E-state index is 0.0498. The number of rotatable bonds is 2. The number of carbonyl (C=O) groups is 1. The zero-order chi connectivity index (χ0) is 11.3. The Bertz CT molecular complexity index is 354. The fourth-order valence-electron chi connectivity index (χ4n) is 1.03. The van der Waals surface area contributed by atoms with Gasteiger partial charge in [0.1, 0.15) is 0 Å². The summed E-state index contributed by atoms with van der Waals surface area (Å²) in [5.74, 6) is 0. The van der Waals surface area contributed by atoms with Crippen molar-refractivity contribution in [1.29, 1.82) is 0 Å². The number of thioether (sulfide) groups is 1. The van der Waals surface area contributed by atoms with Crippen molar-refractivity contribution in [3.05, 3.63) is 35.9 Å². The van der Waals surface area contributed by atoms with E-state index >= 15 is 0 Å². The molecule has 1 aromatic rings. The largest absolute Gasteiger partial charge is 0.339 e. The molecule has 0 bridgehead atoms. The molecule has 0 saturated carbocycles. The SMILES string of the molecule is C/C=C/c1ccc(SC(=O)N(C)C)cc1. The monoisotopic (exact) mass is 221 g/mol. The summed E-state index contributed by atoms with van der Waals surface area (Å²) in [7, 11) is 3.51. The maximum Gasteiger partial charge on any atom is 0.285 e. The van der Waals surface area contributed by atoms with E-state index in [-0.39, 0.29) is 5.24 Å². The molecule has 0 aliphatic carbocycles. The molecule has 3 heteroatoms. The van der Waals surface area contributed by atoms with E-state index in [1.54, 1.807) is 19.0 Å². The van der Waals surface area contributed by atoms with Crippen LogP contribution in [-0.2, 0) is 0 Å². The van der Waals surface area contributed by atoms with Gasteiger partial charge in [-0.3, -0.25) is 4.79 Å². The predicted molar refractivity (Wildman–Crippen MR) is 66.1 cm³/mol. The minimum Gasteiger partial charge on any atom is -0.339 e. The Balaban J connectivity index is 2.68. The molecule has 1 amide bonds. The number of amides is 1. The number of allylic oxidation sites excluding steroid dienone is 1. The van der Waals surface area contributed by atoms with E-state index in [0.717, 1.165) is 10.5 Å². The van der Waals surface area contributed by atoms with Gasteiger partial charge in [-0.15, -0.1) is 0 Å². The van der Waals surface area contributed by atoms with Crippen molar-refractivity contribution in [3.63, 3.8) is 0 Å². The van der Waals surface area contributed by atoms with Crippen LogP contribution in [0.1, 0.15) is 12.5 Å². The van der Waals surface area contributed by atoms with Crippen LogP contribution in [0.15, 0.2) is 35.2 Å². The third-order valence-corrected chi connectivity index (χ3v) is 2.86. The highest BCUT2D eigenvalue weighted by molar-refractivity contribution is 8.13. The van der Waals surface area contributed by atoms with E-state index in [1.807, 2.05) is 43.3 Å². The smallest absolute Gasteiger partial charge is 0.285 e. The molecule has 0 atom stereocenters. The fraction of sp³-hybridized carbons (Fsp3) is 0.250. The number of nitrogens with zero attached hydrogens (tertiary/aromatic N) is 1. The molecule has 0 radical (unpaired) electrons. The molecule has 0 aromatic heterocycles. The number of hydrogen-bond donors (Lipinski definition) is 0. The van der Waals surface area contributed by atoms with E-state index in [0.29, 0.717) is 0 Å². The van der Waals surface area contributed by atoms with E-state index in [1.165, 1.54) is 11.8 Å². The summed E-state index contributed by atoms with van der Waals surface area (Å²) in [6.07, 6.45) is 4.02. The molecule has 0 heterocycles. The molecule has 1 rings (SSSR count). The van der Waals surface area contributed by atoms with Gasteiger partial charge in [0.05, 0.1) is 0 Å². The van der Waals surface area contributed by atoms with Crippen molar-refractivity contribution in [2.24, 2.45) is 0 Å². The maximum absolute atomic E-state index is 11.4. The van der Waals surface area contributed by atoms with Crippen molar-refractivity contribution >= 4 is 23.1 Å². The van der Waals surface area contributed by atoms with Crippen LogP contribution >= 0.6 is 11.8 Å². The van der Waals surface area contributed by atoms with E-state index < -0.39 is 0 Å². The Hall–Kier alpha value is -1.22. The Labute approximate surface area is 95.0 Å². The molecule has 2 nitrogen and oxygen atoms in total. The van der Waals surface area contributed by atoms with E-state index in [9.17, 15) is 4.79 Å². The Kier molecular flexibility index (Phi) is 4.43. The summed E-state index contributed by atoms with van der Waals surface area (Å²) in [6, 6.07) is 7.93. The van der Waals surface area contributed by atoms with E-state index in [4.69, 9.17) is 0 Å². The number of hydrogen-bond acceptors (Lipinski definition) is 2. The minimum absolute atomic E-state index is 0.0498. The number of benzene rings is 1. The van der Waals surface area contributed by atoms with Gasteiger partial charge in [0.15, 0.2) is 0 Å². The maximum atomic E-state index is 11.4. The third kappa shape index (κ3) is 3.80. The van der Waals surface area contributed by atoms with Gasteiger partial charge in [-0.2, -0.15) is 0 Å². The van der Waals surface area contributed by atoms with Crippen LogP contribution in [0.3, 0.4) is 0 Å². The Morgan fingerprint density at radius 1 is 1.27 bits per heavy atom. The molecule has 0 aliphatic heterocycles. The molecule has 0 N–H and O–H groups in total. The first-order valence-corrected chi connectivity index (χ1v) is 5.57. The van der Waals surface area contributed by atoms with Gasteiger partial charge in [-0.25, -0.2) is 0 Å². The van der Waals surface area contributed by atoms with Crippen LogP contribution in [-0.4, -0.2) is 24.2 Å². The van der Waals surface area contributed by atoms with Crippen molar-refractivity contribution < 1.29 is 4.79 Å². The first-order chi connectivity index (χ1) is 7.13. The van der Waals surface area contributed by atoms with Crippen molar-refractivity contribution in [3.8, 4) is 0 Å². The van der Waals surface area contributed by atoms with Gasteiger partial charge in [0.2, 0.25) is 0 Å². The highest BCUT2D eigenvalue weighted by Crippen LogP contribution is 2.21. The van der Waals surface area contributed by atoms with E-state index in [2.05, 4.69) is 0 Å². The lowest BCUT2D eigenvalue weighted by Crippen LogP contribution is -2.15. The van der Waals surface area contributed by atoms with Crippen molar-refractivity contribution in [2.75, 3.05) is 14.1 Å². The summed E-state index contributed by atoms with van der Waals surface area (Å²) < 4.78 is 0. The van der Waals surface area contributed by atoms with Gasteiger partial charge in [0, 0.05) is 19.0 Å². The van der Waals surface area contributed by atoms with Crippen LogP contribution in [0.25, 0.3) is 6.08 Å². The summed E-state index contributed by atoms with van der Waals surface area (Å²) >= 11 is 1.24. The lowest BCUT2D eigenvalue weighted by Gasteiger charge is -2.08. The zero-order valence-corrected chi connectivity index (χ0v) is 10.0. The van der Waals surface area contributed by atoms with Crippen molar-refractivity contribution in [1.82, 2.24) is 4.90 Å². The predicted octanol–water partition coefficient (Wildman–Crippen LogP) is 3.49. The van der Waals surface area contributed by atoms with Crippen LogP contribution in [0.4, 0.5) is 4.79 Å². The summed E-state index contributed by atoms with van der Waals surface area (Å²) in [5.41, 5.74) is 1.15. The molecule has 0 fully saturated rings. The van der Waals surface area contributed by atoms with Gasteiger partial charge in [0.25, 0.3) is 5.24 Å². The molecule has 80 valence electrons. The molecule has 15 heavy (non-hydrogen) atoms. The second-order valence-corrected chi connectivity index (χ2v) is 4.36. The first kappa shape index (κ1) is 11.9.